The van der Waals surface area contributed by atoms with Crippen molar-refractivity contribution in [3.63, 3.8) is 0 Å². The van der Waals surface area contributed by atoms with E-state index < -0.39 is 12.7 Å². The Morgan fingerprint density at radius 2 is 2.00 bits per heavy atom. The number of hydrogen-bond donors (Lipinski definition) is 0. The fraction of sp³-hybridized carbons (Fsp3) is 0.583. The predicted octanol–water partition coefficient (Wildman–Crippen LogP) is 3.51. The number of nitrogens with zero attached hydrogens (tertiary/aromatic N) is 1. The Balaban J connectivity index is 2.69. The van der Waals surface area contributed by atoms with Crippen LogP contribution in [-0.2, 0) is 0 Å². The van der Waals surface area contributed by atoms with Gasteiger partial charge in [-0.1, -0.05) is 0 Å². The van der Waals surface area contributed by atoms with Crippen molar-refractivity contribution in [1.82, 2.24) is 4.90 Å². The summed E-state index contributed by atoms with van der Waals surface area (Å²) in [6.07, 6.45) is -4.28. The molecule has 0 aliphatic carbocycles. The van der Waals surface area contributed by atoms with Gasteiger partial charge in [0, 0.05) is 10.9 Å². The van der Waals surface area contributed by atoms with Crippen LogP contribution in [-0.4, -0.2) is 36.0 Å². The molecule has 0 radical (unpaired) electrons. The number of ketones is 1. The average molecular weight is 279 g/mol. The summed E-state index contributed by atoms with van der Waals surface area (Å²) in [4.78, 5) is 14.5. The molecule has 102 valence electrons. The van der Waals surface area contributed by atoms with E-state index in [1.165, 1.54) is 11.3 Å². The highest BCUT2D eigenvalue weighted by Crippen LogP contribution is 2.20. The molecule has 0 saturated carbocycles. The van der Waals surface area contributed by atoms with Gasteiger partial charge >= 0.3 is 6.18 Å². The minimum Gasteiger partial charge on any atom is -0.292 e. The number of aryl methyl sites for hydroxylation is 1. The molecule has 1 rings (SSSR count). The molecule has 1 aromatic rings. The normalized spacial score (nSPS) is 12.4. The molecule has 0 aromatic carbocycles. The molecule has 0 atom stereocenters. The second kappa shape index (κ2) is 5.84. The van der Waals surface area contributed by atoms with Gasteiger partial charge in [-0.25, -0.2) is 0 Å². The smallest absolute Gasteiger partial charge is 0.292 e. The van der Waals surface area contributed by atoms with Crippen LogP contribution < -0.4 is 0 Å². The van der Waals surface area contributed by atoms with Crippen LogP contribution in [0.3, 0.4) is 0 Å². The van der Waals surface area contributed by atoms with Crippen molar-refractivity contribution in [3.05, 3.63) is 21.9 Å². The van der Waals surface area contributed by atoms with Gasteiger partial charge in [-0.2, -0.15) is 13.2 Å². The van der Waals surface area contributed by atoms with Crippen molar-refractivity contribution in [2.24, 2.45) is 0 Å². The molecule has 0 fully saturated rings. The Labute approximate surface area is 108 Å². The Bertz CT molecular complexity index is 412. The van der Waals surface area contributed by atoms with E-state index in [0.717, 1.165) is 9.78 Å². The van der Waals surface area contributed by atoms with Crippen LogP contribution in [0.1, 0.15) is 28.4 Å². The first kappa shape index (κ1) is 15.2. The third-order valence-electron chi connectivity index (χ3n) is 2.47. The highest BCUT2D eigenvalue weighted by molar-refractivity contribution is 7.14. The predicted molar refractivity (Wildman–Crippen MR) is 66.2 cm³/mol. The summed E-state index contributed by atoms with van der Waals surface area (Å²) >= 11 is 1.31. The first-order valence-electron chi connectivity index (χ1n) is 5.59. The molecule has 0 spiro atoms. The first-order chi connectivity index (χ1) is 8.19. The van der Waals surface area contributed by atoms with E-state index in [0.29, 0.717) is 4.88 Å². The number of Topliss-reactive ketones (excluding diaryl/α,β-unsaturated/α-hetero) is 1. The van der Waals surface area contributed by atoms with Crippen molar-refractivity contribution in [1.29, 1.82) is 0 Å². The first-order valence-corrected chi connectivity index (χ1v) is 6.41. The fourth-order valence-corrected chi connectivity index (χ4v) is 2.30. The van der Waals surface area contributed by atoms with Crippen LogP contribution in [0.4, 0.5) is 13.2 Å². The van der Waals surface area contributed by atoms with Crippen molar-refractivity contribution >= 4 is 17.1 Å². The van der Waals surface area contributed by atoms with Crippen LogP contribution >= 0.6 is 11.3 Å². The third-order valence-corrected chi connectivity index (χ3v) is 3.52. The SMILES string of the molecule is Cc1ccc(C(=O)CN(CC(F)(F)F)C(C)C)s1. The zero-order valence-electron chi connectivity index (χ0n) is 10.5. The third kappa shape index (κ3) is 4.78. The van der Waals surface area contributed by atoms with Crippen LogP contribution in [0.5, 0.6) is 0 Å². The summed E-state index contributed by atoms with van der Waals surface area (Å²) in [5.74, 6) is -0.258. The minimum absolute atomic E-state index is 0.197. The summed E-state index contributed by atoms with van der Waals surface area (Å²) in [6.45, 7) is 3.91. The molecule has 6 heteroatoms. The maximum absolute atomic E-state index is 12.4. The van der Waals surface area contributed by atoms with E-state index in [2.05, 4.69) is 0 Å². The quantitative estimate of drug-likeness (QED) is 0.769. The number of carbonyl (C=O) groups is 1. The molecular formula is C12H16F3NOS. The maximum Gasteiger partial charge on any atom is 0.401 e. The number of halogens is 3. The Morgan fingerprint density at radius 3 is 2.39 bits per heavy atom. The van der Waals surface area contributed by atoms with Crippen LogP contribution in [0.15, 0.2) is 12.1 Å². The molecule has 0 aliphatic rings. The van der Waals surface area contributed by atoms with Gasteiger partial charge in [-0.05, 0) is 32.9 Å². The maximum atomic E-state index is 12.4. The molecule has 0 aliphatic heterocycles. The lowest BCUT2D eigenvalue weighted by molar-refractivity contribution is -0.148. The molecule has 0 bridgehead atoms. The Hall–Kier alpha value is -0.880. The van der Waals surface area contributed by atoms with E-state index in [9.17, 15) is 18.0 Å². The second-order valence-corrected chi connectivity index (χ2v) is 5.74. The van der Waals surface area contributed by atoms with Crippen molar-refractivity contribution in [3.8, 4) is 0 Å². The zero-order valence-corrected chi connectivity index (χ0v) is 11.4. The van der Waals surface area contributed by atoms with E-state index in [1.54, 1.807) is 26.0 Å². The lowest BCUT2D eigenvalue weighted by Gasteiger charge is -2.26. The van der Waals surface area contributed by atoms with E-state index >= 15 is 0 Å². The van der Waals surface area contributed by atoms with Gasteiger partial charge < -0.3 is 0 Å². The summed E-state index contributed by atoms with van der Waals surface area (Å²) in [6, 6.07) is 3.13. The molecule has 1 heterocycles. The second-order valence-electron chi connectivity index (χ2n) is 4.45. The zero-order chi connectivity index (χ0) is 13.9. The molecule has 0 unspecified atom stereocenters. The van der Waals surface area contributed by atoms with Gasteiger partial charge in [-0.3, -0.25) is 9.69 Å². The minimum atomic E-state index is -4.28. The molecule has 18 heavy (non-hydrogen) atoms. The molecule has 0 amide bonds. The van der Waals surface area contributed by atoms with Gasteiger partial charge in [0.2, 0.25) is 0 Å². The highest BCUT2D eigenvalue weighted by Gasteiger charge is 2.32. The Morgan fingerprint density at radius 1 is 1.39 bits per heavy atom. The van der Waals surface area contributed by atoms with Crippen LogP contribution in [0.25, 0.3) is 0 Å². The summed E-state index contributed by atoms with van der Waals surface area (Å²) in [5.41, 5.74) is 0. The number of alkyl halides is 3. The lowest BCUT2D eigenvalue weighted by Crippen LogP contribution is -2.42. The number of rotatable bonds is 5. The monoisotopic (exact) mass is 279 g/mol. The highest BCUT2D eigenvalue weighted by atomic mass is 32.1. The van der Waals surface area contributed by atoms with Crippen molar-refractivity contribution in [2.45, 2.75) is 33.0 Å². The van der Waals surface area contributed by atoms with Crippen molar-refractivity contribution < 1.29 is 18.0 Å². The average Bonchev–Trinajstić information content (AvgIpc) is 2.61. The van der Waals surface area contributed by atoms with Gasteiger partial charge in [0.25, 0.3) is 0 Å². The largest absolute Gasteiger partial charge is 0.401 e. The molecule has 1 aromatic heterocycles. The molecule has 0 N–H and O–H groups in total. The number of thiophene rings is 1. The standard InChI is InChI=1S/C12H16F3NOS/c1-8(2)16(7-12(13,14)15)6-10(17)11-5-4-9(3)18-11/h4-5,8H,6-7H2,1-3H3. The lowest BCUT2D eigenvalue weighted by atomic mass is 10.2. The number of hydrogen-bond acceptors (Lipinski definition) is 3. The molecule has 0 saturated heterocycles. The summed E-state index contributed by atoms with van der Waals surface area (Å²) < 4.78 is 37.1. The van der Waals surface area contributed by atoms with Crippen LogP contribution in [0, 0.1) is 6.92 Å². The van der Waals surface area contributed by atoms with E-state index in [1.807, 2.05) is 6.92 Å². The topological polar surface area (TPSA) is 20.3 Å². The van der Waals surface area contributed by atoms with E-state index in [-0.39, 0.29) is 18.4 Å². The van der Waals surface area contributed by atoms with Gasteiger partial charge in [0.1, 0.15) is 0 Å². The van der Waals surface area contributed by atoms with Crippen molar-refractivity contribution in [2.75, 3.05) is 13.1 Å². The van der Waals surface area contributed by atoms with Gasteiger partial charge in [-0.15, -0.1) is 11.3 Å². The summed E-state index contributed by atoms with van der Waals surface area (Å²) in [5, 5.41) is 0. The molecular weight excluding hydrogens is 263 g/mol. The van der Waals surface area contributed by atoms with Crippen LogP contribution in [0.2, 0.25) is 0 Å². The molecule has 2 nitrogen and oxygen atoms in total. The Kier molecular flexibility index (Phi) is 4.92. The van der Waals surface area contributed by atoms with Gasteiger partial charge in [0.15, 0.2) is 5.78 Å². The van der Waals surface area contributed by atoms with Gasteiger partial charge in [0.05, 0.1) is 18.0 Å². The fourth-order valence-electron chi connectivity index (χ4n) is 1.50. The number of carbonyl (C=O) groups excluding carboxylic acids is 1. The van der Waals surface area contributed by atoms with E-state index in [4.69, 9.17) is 0 Å². The summed E-state index contributed by atoms with van der Waals surface area (Å²) in [7, 11) is 0.